The first-order valence-electron chi connectivity index (χ1n) is 14.7. The SMILES string of the molecule is COc1cc(C(=O)/C=C(/C)C2CCN(C)C[C@H]2F)ccc1Nc1ncc(C(F)(F)F)c(NCc2ccc(C)cc2N(C)S(C)(=O)=O)n1. The van der Waals surface area contributed by atoms with Crippen LogP contribution >= 0.6 is 0 Å². The topological polar surface area (TPSA) is 117 Å². The van der Waals surface area contributed by atoms with E-state index in [2.05, 4.69) is 20.6 Å². The molecule has 0 bridgehead atoms. The predicted octanol–water partition coefficient (Wildman–Crippen LogP) is 5.98. The summed E-state index contributed by atoms with van der Waals surface area (Å²) in [7, 11) is 0.940. The van der Waals surface area contributed by atoms with Crippen LogP contribution in [-0.2, 0) is 22.7 Å². The second kappa shape index (κ2) is 14.3. The van der Waals surface area contributed by atoms with Crippen LogP contribution in [0, 0.1) is 12.8 Å². The summed E-state index contributed by atoms with van der Waals surface area (Å²) in [5.41, 5.74) is 1.58. The number of ether oxygens (including phenoxy) is 1. The third-order valence-electron chi connectivity index (χ3n) is 8.04. The van der Waals surface area contributed by atoms with E-state index in [1.165, 1.54) is 38.4 Å². The molecule has 1 aromatic heterocycles. The van der Waals surface area contributed by atoms with Crippen molar-refractivity contribution in [2.45, 2.75) is 39.2 Å². The number of piperidine rings is 1. The number of hydrogen-bond donors (Lipinski definition) is 2. The van der Waals surface area contributed by atoms with Gasteiger partial charge in [0, 0.05) is 37.8 Å². The Morgan fingerprint density at radius 3 is 2.57 bits per heavy atom. The lowest BCUT2D eigenvalue weighted by atomic mass is 9.87. The number of carbonyl (C=O) groups excluding carboxylic acids is 1. The van der Waals surface area contributed by atoms with Gasteiger partial charge in [0.25, 0.3) is 0 Å². The minimum Gasteiger partial charge on any atom is -0.495 e. The zero-order valence-corrected chi connectivity index (χ0v) is 27.8. The number of anilines is 4. The van der Waals surface area contributed by atoms with Gasteiger partial charge in [0.1, 0.15) is 23.3 Å². The maximum absolute atomic E-state index is 14.6. The van der Waals surface area contributed by atoms with Crippen molar-refractivity contribution < 1.29 is 35.5 Å². The summed E-state index contributed by atoms with van der Waals surface area (Å²) in [6.45, 7) is 4.37. The Kier molecular flexibility index (Phi) is 10.8. The number of hydrogen-bond acceptors (Lipinski definition) is 9. The van der Waals surface area contributed by atoms with Crippen molar-refractivity contribution in [3.05, 3.63) is 76.5 Å². The summed E-state index contributed by atoms with van der Waals surface area (Å²) in [6, 6.07) is 9.46. The Balaban J connectivity index is 1.58. The first-order valence-corrected chi connectivity index (χ1v) is 16.5. The van der Waals surface area contributed by atoms with E-state index in [0.717, 1.165) is 22.7 Å². The van der Waals surface area contributed by atoms with Gasteiger partial charge in [-0.3, -0.25) is 9.10 Å². The zero-order chi connectivity index (χ0) is 34.7. The fourth-order valence-electron chi connectivity index (χ4n) is 5.29. The molecule has 0 saturated carbocycles. The second-order valence-electron chi connectivity index (χ2n) is 11.6. The Bertz CT molecular complexity index is 1770. The molecule has 15 heteroatoms. The average molecular weight is 679 g/mol. The lowest BCUT2D eigenvalue weighted by Crippen LogP contribution is -2.39. The van der Waals surface area contributed by atoms with Crippen LogP contribution in [0.4, 0.5) is 40.7 Å². The Hall–Kier alpha value is -4.24. The fourth-order valence-corrected chi connectivity index (χ4v) is 5.82. The first kappa shape index (κ1) is 35.6. The molecule has 1 saturated heterocycles. The van der Waals surface area contributed by atoms with Gasteiger partial charge in [0.2, 0.25) is 16.0 Å². The number of rotatable bonds is 11. The Morgan fingerprint density at radius 2 is 1.94 bits per heavy atom. The van der Waals surface area contributed by atoms with Crippen molar-refractivity contribution in [3.63, 3.8) is 0 Å². The maximum Gasteiger partial charge on any atom is 0.421 e. The molecule has 1 aliphatic heterocycles. The van der Waals surface area contributed by atoms with E-state index in [-0.39, 0.29) is 41.2 Å². The molecule has 0 amide bonds. The van der Waals surface area contributed by atoms with E-state index >= 15 is 0 Å². The monoisotopic (exact) mass is 678 g/mol. The van der Waals surface area contributed by atoms with Crippen LogP contribution in [0.2, 0.25) is 0 Å². The average Bonchev–Trinajstić information content (AvgIpc) is 2.99. The highest BCUT2D eigenvalue weighted by atomic mass is 32.2. The van der Waals surface area contributed by atoms with Gasteiger partial charge < -0.3 is 20.3 Å². The minimum absolute atomic E-state index is 0.178. The molecule has 0 aliphatic carbocycles. The third-order valence-corrected chi connectivity index (χ3v) is 9.23. The van der Waals surface area contributed by atoms with Crippen molar-refractivity contribution in [2.24, 2.45) is 5.92 Å². The minimum atomic E-state index is -4.79. The molecule has 1 unspecified atom stereocenters. The number of likely N-dealkylation sites (tertiary alicyclic amines) is 1. The third kappa shape index (κ3) is 8.77. The molecular formula is C32H38F4N6O4S. The number of halogens is 4. The second-order valence-corrected chi connectivity index (χ2v) is 13.6. The summed E-state index contributed by atoms with van der Waals surface area (Å²) in [6.07, 6.45) is -2.17. The van der Waals surface area contributed by atoms with Crippen LogP contribution in [0.25, 0.3) is 0 Å². The molecule has 2 heterocycles. The van der Waals surface area contributed by atoms with Crippen molar-refractivity contribution in [1.82, 2.24) is 14.9 Å². The molecule has 2 aromatic carbocycles. The van der Waals surface area contributed by atoms with Gasteiger partial charge in [-0.25, -0.2) is 17.8 Å². The summed E-state index contributed by atoms with van der Waals surface area (Å²) < 4.78 is 87.3. The number of ketones is 1. The standard InChI is InChI=1S/C32H38F4N6O4S/c1-19-7-8-22(27(13-19)42(4)47(6,44)45)16-37-30-24(32(34,35)36)17-38-31(40-30)39-26-10-9-21(15-29(26)46-5)28(43)14-20(2)23-11-12-41(3)18-25(23)33/h7-10,13-15,17,23,25H,11-12,16,18H2,1-6H3,(H2,37,38,39,40)/b20-14-/t23?,25-/m1/s1. The van der Waals surface area contributed by atoms with E-state index in [4.69, 9.17) is 4.74 Å². The first-order chi connectivity index (χ1) is 22.0. The number of carbonyl (C=O) groups is 1. The normalized spacial score (nSPS) is 17.7. The summed E-state index contributed by atoms with van der Waals surface area (Å²) in [4.78, 5) is 22.9. The molecule has 2 N–H and O–H groups in total. The van der Waals surface area contributed by atoms with E-state index in [1.54, 1.807) is 32.0 Å². The highest BCUT2D eigenvalue weighted by molar-refractivity contribution is 7.92. The van der Waals surface area contributed by atoms with E-state index in [1.807, 2.05) is 11.9 Å². The Labute approximate surface area is 271 Å². The molecule has 1 fully saturated rings. The molecule has 254 valence electrons. The molecule has 47 heavy (non-hydrogen) atoms. The van der Waals surface area contributed by atoms with E-state index in [0.29, 0.717) is 36.0 Å². The van der Waals surface area contributed by atoms with Gasteiger partial charge in [-0.2, -0.15) is 18.2 Å². The van der Waals surface area contributed by atoms with Crippen LogP contribution < -0.4 is 19.7 Å². The van der Waals surface area contributed by atoms with E-state index in [9.17, 15) is 30.8 Å². The summed E-state index contributed by atoms with van der Waals surface area (Å²) >= 11 is 0. The number of sulfonamides is 1. The van der Waals surface area contributed by atoms with Crippen molar-refractivity contribution in [3.8, 4) is 5.75 Å². The lowest BCUT2D eigenvalue weighted by Gasteiger charge is -2.32. The number of methoxy groups -OCH3 is 1. The number of nitrogens with zero attached hydrogens (tertiary/aromatic N) is 4. The molecule has 2 atom stereocenters. The number of aryl methyl sites for hydroxylation is 1. The van der Waals surface area contributed by atoms with Crippen molar-refractivity contribution >= 4 is 38.9 Å². The van der Waals surface area contributed by atoms with Crippen LogP contribution in [0.5, 0.6) is 5.75 Å². The Morgan fingerprint density at radius 1 is 1.21 bits per heavy atom. The van der Waals surface area contributed by atoms with Gasteiger partial charge >= 0.3 is 6.18 Å². The maximum atomic E-state index is 14.6. The summed E-state index contributed by atoms with van der Waals surface area (Å²) in [5.74, 6) is -1.21. The number of benzene rings is 2. The quantitative estimate of drug-likeness (QED) is 0.144. The van der Waals surface area contributed by atoms with Gasteiger partial charge in [0.05, 0.1) is 24.7 Å². The smallest absolute Gasteiger partial charge is 0.421 e. The van der Waals surface area contributed by atoms with Crippen molar-refractivity contribution in [1.29, 1.82) is 0 Å². The predicted molar refractivity (Wildman–Crippen MR) is 174 cm³/mol. The summed E-state index contributed by atoms with van der Waals surface area (Å²) in [5, 5.41) is 5.53. The van der Waals surface area contributed by atoms with Gasteiger partial charge in [0.15, 0.2) is 5.78 Å². The van der Waals surface area contributed by atoms with E-state index < -0.39 is 33.8 Å². The molecule has 3 aromatic rings. The number of alkyl halides is 4. The highest BCUT2D eigenvalue weighted by Gasteiger charge is 2.35. The zero-order valence-electron chi connectivity index (χ0n) is 26.9. The number of aromatic nitrogens is 2. The molecule has 4 rings (SSSR count). The highest BCUT2D eigenvalue weighted by Crippen LogP contribution is 2.36. The number of allylic oxidation sites excluding steroid dienone is 2. The number of nitrogens with one attached hydrogen (secondary N) is 2. The van der Waals surface area contributed by atoms with Gasteiger partial charge in [-0.1, -0.05) is 17.7 Å². The molecule has 0 radical (unpaired) electrons. The molecule has 0 spiro atoms. The molecule has 10 nitrogen and oxygen atoms in total. The van der Waals surface area contributed by atoms with Crippen LogP contribution in [0.15, 0.2) is 54.2 Å². The van der Waals surface area contributed by atoms with Crippen LogP contribution in [-0.4, -0.2) is 75.8 Å². The van der Waals surface area contributed by atoms with Gasteiger partial charge in [-0.05, 0) is 75.3 Å². The van der Waals surface area contributed by atoms with Crippen LogP contribution in [0.1, 0.15) is 40.4 Å². The molecular weight excluding hydrogens is 640 g/mol. The van der Waals surface area contributed by atoms with Crippen LogP contribution in [0.3, 0.4) is 0 Å². The molecule has 1 aliphatic rings. The van der Waals surface area contributed by atoms with Crippen molar-refractivity contribution in [2.75, 3.05) is 55.5 Å². The van der Waals surface area contributed by atoms with Gasteiger partial charge in [-0.15, -0.1) is 0 Å². The fraction of sp³-hybridized carbons (Fsp3) is 0.406. The largest absolute Gasteiger partial charge is 0.495 e. The lowest BCUT2D eigenvalue weighted by molar-refractivity contribution is -0.137.